The standard InChI is InChI=1S/C18H23NO2/c20-17-11-6-9-15(17)16-10-4-5-12-19(16)18(21)13-14-7-2-1-3-8-14/h1-3,7-8,15-16H,4-6,9-13H2. The largest absolute Gasteiger partial charge is 0.339 e. The molecule has 3 heteroatoms. The highest BCUT2D eigenvalue weighted by Crippen LogP contribution is 2.32. The quantitative estimate of drug-likeness (QED) is 0.856. The lowest BCUT2D eigenvalue weighted by Gasteiger charge is -2.39. The molecule has 2 fully saturated rings. The first-order valence-electron chi connectivity index (χ1n) is 8.12. The van der Waals surface area contributed by atoms with E-state index in [4.69, 9.17) is 0 Å². The highest BCUT2D eigenvalue weighted by molar-refractivity contribution is 5.85. The number of ketones is 1. The molecule has 3 nitrogen and oxygen atoms in total. The minimum Gasteiger partial charge on any atom is -0.339 e. The van der Waals surface area contributed by atoms with Gasteiger partial charge in [-0.15, -0.1) is 0 Å². The smallest absolute Gasteiger partial charge is 0.227 e. The highest BCUT2D eigenvalue weighted by atomic mass is 16.2. The summed E-state index contributed by atoms with van der Waals surface area (Å²) in [6.45, 7) is 0.820. The van der Waals surface area contributed by atoms with Crippen molar-refractivity contribution in [1.82, 2.24) is 4.90 Å². The Balaban J connectivity index is 1.71. The van der Waals surface area contributed by atoms with Crippen molar-refractivity contribution in [2.45, 2.75) is 51.0 Å². The molecule has 2 unspecified atom stereocenters. The lowest BCUT2D eigenvalue weighted by atomic mass is 9.88. The third kappa shape index (κ3) is 3.17. The molecule has 1 aliphatic heterocycles. The van der Waals surface area contributed by atoms with Crippen LogP contribution in [0.25, 0.3) is 0 Å². The average molecular weight is 285 g/mol. The van der Waals surface area contributed by atoms with Gasteiger partial charge < -0.3 is 4.90 Å². The summed E-state index contributed by atoms with van der Waals surface area (Å²) in [5.41, 5.74) is 1.06. The Hall–Kier alpha value is -1.64. The maximum absolute atomic E-state index is 12.7. The number of piperidine rings is 1. The molecule has 1 saturated carbocycles. The molecule has 1 aromatic carbocycles. The number of likely N-dealkylation sites (tertiary alicyclic amines) is 1. The van der Waals surface area contributed by atoms with Crippen LogP contribution in [0, 0.1) is 5.92 Å². The summed E-state index contributed by atoms with van der Waals surface area (Å²) in [6.07, 6.45) is 6.35. The minimum absolute atomic E-state index is 0.102. The summed E-state index contributed by atoms with van der Waals surface area (Å²) in [6, 6.07) is 10.1. The second kappa shape index (κ2) is 6.42. The molecule has 2 atom stereocenters. The van der Waals surface area contributed by atoms with Gasteiger partial charge in [0.1, 0.15) is 5.78 Å². The number of rotatable bonds is 3. The van der Waals surface area contributed by atoms with E-state index in [2.05, 4.69) is 0 Å². The molecule has 0 spiro atoms. The molecule has 0 N–H and O–H groups in total. The van der Waals surface area contributed by atoms with Crippen LogP contribution in [-0.4, -0.2) is 29.2 Å². The summed E-state index contributed by atoms with van der Waals surface area (Å²) < 4.78 is 0. The first-order chi connectivity index (χ1) is 10.3. The Labute approximate surface area is 126 Å². The number of nitrogens with zero attached hydrogens (tertiary/aromatic N) is 1. The molecule has 0 bridgehead atoms. The number of amides is 1. The SMILES string of the molecule is O=C1CCCC1C1CCCCN1C(=O)Cc1ccccc1. The molecular formula is C18H23NO2. The second-order valence-corrected chi connectivity index (χ2v) is 6.28. The van der Waals surface area contributed by atoms with Crippen LogP contribution >= 0.6 is 0 Å². The van der Waals surface area contributed by atoms with E-state index in [9.17, 15) is 9.59 Å². The van der Waals surface area contributed by atoms with Crippen molar-refractivity contribution >= 4 is 11.7 Å². The molecule has 1 saturated heterocycles. The van der Waals surface area contributed by atoms with Crippen molar-refractivity contribution in [2.24, 2.45) is 5.92 Å². The maximum Gasteiger partial charge on any atom is 0.227 e. The number of carbonyl (C=O) groups is 2. The fourth-order valence-electron chi connectivity index (χ4n) is 3.81. The van der Waals surface area contributed by atoms with Gasteiger partial charge in [0.2, 0.25) is 5.91 Å². The van der Waals surface area contributed by atoms with Crippen molar-refractivity contribution in [3.8, 4) is 0 Å². The Morgan fingerprint density at radius 3 is 2.62 bits per heavy atom. The zero-order chi connectivity index (χ0) is 14.7. The number of Topliss-reactive ketones (excluding diaryl/α,β-unsaturated/α-hetero) is 1. The van der Waals surface area contributed by atoms with E-state index in [1.54, 1.807) is 0 Å². The van der Waals surface area contributed by atoms with Gasteiger partial charge in [-0.05, 0) is 37.7 Å². The van der Waals surface area contributed by atoms with E-state index in [0.717, 1.165) is 44.2 Å². The molecule has 0 radical (unpaired) electrons. The van der Waals surface area contributed by atoms with Crippen LogP contribution in [0.5, 0.6) is 0 Å². The first-order valence-corrected chi connectivity index (χ1v) is 8.12. The Bertz CT molecular complexity index is 511. The molecule has 1 aliphatic carbocycles. The topological polar surface area (TPSA) is 37.4 Å². The van der Waals surface area contributed by atoms with Crippen LogP contribution in [0.4, 0.5) is 0 Å². The van der Waals surface area contributed by atoms with Crippen molar-refractivity contribution < 1.29 is 9.59 Å². The van der Waals surface area contributed by atoms with E-state index < -0.39 is 0 Å². The predicted molar refractivity (Wildman–Crippen MR) is 81.8 cm³/mol. The lowest BCUT2D eigenvalue weighted by Crippen LogP contribution is -2.49. The van der Waals surface area contributed by atoms with Crippen LogP contribution in [-0.2, 0) is 16.0 Å². The Morgan fingerprint density at radius 2 is 1.90 bits per heavy atom. The van der Waals surface area contributed by atoms with E-state index in [1.807, 2.05) is 35.2 Å². The molecule has 1 amide bonds. The summed E-state index contributed by atoms with van der Waals surface area (Å²) in [5, 5.41) is 0. The average Bonchev–Trinajstić information content (AvgIpc) is 2.94. The zero-order valence-corrected chi connectivity index (χ0v) is 12.5. The van der Waals surface area contributed by atoms with E-state index in [0.29, 0.717) is 18.6 Å². The van der Waals surface area contributed by atoms with Crippen molar-refractivity contribution in [2.75, 3.05) is 6.54 Å². The van der Waals surface area contributed by atoms with Crippen molar-refractivity contribution in [1.29, 1.82) is 0 Å². The normalized spacial score (nSPS) is 26.1. The van der Waals surface area contributed by atoms with Crippen molar-refractivity contribution in [3.05, 3.63) is 35.9 Å². The third-order valence-corrected chi connectivity index (χ3v) is 4.88. The molecule has 21 heavy (non-hydrogen) atoms. The Morgan fingerprint density at radius 1 is 1.10 bits per heavy atom. The summed E-state index contributed by atoms with van der Waals surface area (Å²) in [4.78, 5) is 26.7. The first kappa shape index (κ1) is 14.3. The summed E-state index contributed by atoms with van der Waals surface area (Å²) >= 11 is 0. The molecule has 112 valence electrons. The van der Waals surface area contributed by atoms with Gasteiger partial charge in [-0.3, -0.25) is 9.59 Å². The number of benzene rings is 1. The van der Waals surface area contributed by atoms with Crippen molar-refractivity contribution in [3.63, 3.8) is 0 Å². The maximum atomic E-state index is 12.7. The number of carbonyl (C=O) groups excluding carboxylic acids is 2. The lowest BCUT2D eigenvalue weighted by molar-refractivity contribution is -0.137. The predicted octanol–water partition coefficient (Wildman–Crippen LogP) is 2.98. The third-order valence-electron chi connectivity index (χ3n) is 4.88. The van der Waals surface area contributed by atoms with Gasteiger partial charge in [0.25, 0.3) is 0 Å². The van der Waals surface area contributed by atoms with Gasteiger partial charge in [-0.25, -0.2) is 0 Å². The Kier molecular flexibility index (Phi) is 4.37. The van der Waals surface area contributed by atoms with Crippen LogP contribution in [0.3, 0.4) is 0 Å². The van der Waals surface area contributed by atoms with Crippen LogP contribution in [0.15, 0.2) is 30.3 Å². The van der Waals surface area contributed by atoms with Gasteiger partial charge in [-0.1, -0.05) is 30.3 Å². The van der Waals surface area contributed by atoms with Gasteiger partial charge in [0.15, 0.2) is 0 Å². The fourth-order valence-corrected chi connectivity index (χ4v) is 3.81. The molecule has 1 aromatic rings. The van der Waals surface area contributed by atoms with Gasteiger partial charge in [0.05, 0.1) is 6.42 Å². The van der Waals surface area contributed by atoms with Crippen LogP contribution < -0.4 is 0 Å². The summed E-state index contributed by atoms with van der Waals surface area (Å²) in [5.74, 6) is 0.662. The number of hydrogen-bond acceptors (Lipinski definition) is 2. The zero-order valence-electron chi connectivity index (χ0n) is 12.5. The van der Waals surface area contributed by atoms with E-state index in [1.165, 1.54) is 0 Å². The fraction of sp³-hybridized carbons (Fsp3) is 0.556. The summed E-state index contributed by atoms with van der Waals surface area (Å²) in [7, 11) is 0. The molecular weight excluding hydrogens is 262 g/mol. The molecule has 0 aromatic heterocycles. The molecule has 3 rings (SSSR count). The second-order valence-electron chi connectivity index (χ2n) is 6.28. The number of hydrogen-bond donors (Lipinski definition) is 0. The monoisotopic (exact) mass is 285 g/mol. The van der Waals surface area contributed by atoms with Crippen LogP contribution in [0.1, 0.15) is 44.1 Å². The van der Waals surface area contributed by atoms with Gasteiger partial charge in [0, 0.05) is 24.9 Å². The highest BCUT2D eigenvalue weighted by Gasteiger charge is 2.38. The molecule has 2 aliphatic rings. The van der Waals surface area contributed by atoms with E-state index in [-0.39, 0.29) is 17.9 Å². The van der Waals surface area contributed by atoms with E-state index >= 15 is 0 Å². The van der Waals surface area contributed by atoms with Gasteiger partial charge in [-0.2, -0.15) is 0 Å². The minimum atomic E-state index is 0.102. The van der Waals surface area contributed by atoms with Crippen LogP contribution in [0.2, 0.25) is 0 Å². The molecule has 1 heterocycles. The van der Waals surface area contributed by atoms with Gasteiger partial charge >= 0.3 is 0 Å².